The largest absolute Gasteiger partial charge is 0.481 e. The van der Waals surface area contributed by atoms with Crippen molar-refractivity contribution < 1.29 is 14.7 Å². The highest BCUT2D eigenvalue weighted by atomic mass is 16.4. The smallest absolute Gasteiger partial charge is 0.319 e. The molecule has 0 bridgehead atoms. The Balaban J connectivity index is 2.64. The third kappa shape index (κ3) is 5.10. The number of aliphatic carboxylic acids is 1. The van der Waals surface area contributed by atoms with Crippen LogP contribution in [0.5, 0.6) is 0 Å². The van der Waals surface area contributed by atoms with Crippen LogP contribution in [0.1, 0.15) is 45.6 Å². The van der Waals surface area contributed by atoms with E-state index >= 15 is 0 Å². The van der Waals surface area contributed by atoms with Gasteiger partial charge in [-0.25, -0.2) is 4.79 Å². The van der Waals surface area contributed by atoms with Gasteiger partial charge >= 0.3 is 12.0 Å². The number of anilines is 1. The van der Waals surface area contributed by atoms with Crippen molar-refractivity contribution in [3.63, 3.8) is 0 Å². The Morgan fingerprint density at radius 2 is 1.57 bits per heavy atom. The highest BCUT2D eigenvalue weighted by Gasteiger charge is 2.25. The molecule has 0 saturated carbocycles. The SMILES string of the molecule is CCC(CC)(CC)NC(=O)Nc1ccc(CC(=O)O)cc1. The Bertz CT molecular complexity index is 471. The molecule has 0 fully saturated rings. The van der Waals surface area contributed by atoms with Gasteiger partial charge in [0, 0.05) is 11.2 Å². The van der Waals surface area contributed by atoms with Gasteiger partial charge in [-0.05, 0) is 37.0 Å². The second kappa shape index (κ2) is 7.67. The first-order valence-electron chi connectivity index (χ1n) is 7.34. The molecule has 2 amide bonds. The van der Waals surface area contributed by atoms with E-state index in [1.807, 2.05) is 0 Å². The summed E-state index contributed by atoms with van der Waals surface area (Å²) >= 11 is 0. The lowest BCUT2D eigenvalue weighted by Gasteiger charge is -2.31. The van der Waals surface area contributed by atoms with Crippen LogP contribution in [0.2, 0.25) is 0 Å². The molecule has 0 unspecified atom stereocenters. The second-order valence-electron chi connectivity index (χ2n) is 5.19. The average Bonchev–Trinajstić information content (AvgIpc) is 2.46. The topological polar surface area (TPSA) is 78.4 Å². The lowest BCUT2D eigenvalue weighted by atomic mass is 9.90. The molecule has 0 atom stereocenters. The third-order valence-electron chi connectivity index (χ3n) is 3.98. The maximum atomic E-state index is 12.1. The number of carboxylic acids is 1. The maximum Gasteiger partial charge on any atom is 0.319 e. The van der Waals surface area contributed by atoms with E-state index < -0.39 is 5.97 Å². The van der Waals surface area contributed by atoms with E-state index in [0.717, 1.165) is 19.3 Å². The van der Waals surface area contributed by atoms with E-state index in [2.05, 4.69) is 31.4 Å². The van der Waals surface area contributed by atoms with Gasteiger partial charge in [-0.2, -0.15) is 0 Å². The standard InChI is InChI=1S/C16H24N2O3/c1-4-16(5-2,6-3)18-15(21)17-13-9-7-12(8-10-13)11-14(19)20/h7-10H,4-6,11H2,1-3H3,(H,19,20)(H2,17,18,21). The average molecular weight is 292 g/mol. The molecule has 0 aliphatic heterocycles. The quantitative estimate of drug-likeness (QED) is 0.720. The van der Waals surface area contributed by atoms with Gasteiger partial charge in [0.05, 0.1) is 6.42 Å². The summed E-state index contributed by atoms with van der Waals surface area (Å²) in [6, 6.07) is 6.60. The summed E-state index contributed by atoms with van der Waals surface area (Å²) in [5, 5.41) is 14.5. The molecule has 116 valence electrons. The predicted molar refractivity (Wildman–Crippen MR) is 83.5 cm³/mol. The molecule has 5 nitrogen and oxygen atoms in total. The molecular formula is C16H24N2O3. The molecule has 1 rings (SSSR count). The van der Waals surface area contributed by atoms with Gasteiger partial charge in [0.1, 0.15) is 0 Å². The van der Waals surface area contributed by atoms with E-state index in [4.69, 9.17) is 5.11 Å². The molecule has 1 aromatic carbocycles. The van der Waals surface area contributed by atoms with Gasteiger partial charge < -0.3 is 15.7 Å². The Morgan fingerprint density at radius 3 is 2.00 bits per heavy atom. The molecule has 3 N–H and O–H groups in total. The fourth-order valence-electron chi connectivity index (χ4n) is 2.30. The number of hydrogen-bond acceptors (Lipinski definition) is 2. The lowest BCUT2D eigenvalue weighted by molar-refractivity contribution is -0.136. The molecule has 21 heavy (non-hydrogen) atoms. The second-order valence-corrected chi connectivity index (χ2v) is 5.19. The van der Waals surface area contributed by atoms with Crippen LogP contribution in [0.3, 0.4) is 0 Å². The molecule has 0 aliphatic rings. The number of carboxylic acid groups (broad SMARTS) is 1. The van der Waals surface area contributed by atoms with E-state index in [1.54, 1.807) is 24.3 Å². The first kappa shape index (κ1) is 17.0. The fraction of sp³-hybridized carbons (Fsp3) is 0.500. The zero-order chi connectivity index (χ0) is 15.9. The van der Waals surface area contributed by atoms with Crippen LogP contribution < -0.4 is 10.6 Å². The number of carbonyl (C=O) groups excluding carboxylic acids is 1. The molecule has 0 aromatic heterocycles. The van der Waals surface area contributed by atoms with Crippen molar-refractivity contribution in [1.82, 2.24) is 5.32 Å². The number of hydrogen-bond donors (Lipinski definition) is 3. The predicted octanol–water partition coefficient (Wildman–Crippen LogP) is 3.40. The van der Waals surface area contributed by atoms with Crippen LogP contribution in [0, 0.1) is 0 Å². The summed E-state index contributed by atoms with van der Waals surface area (Å²) < 4.78 is 0. The van der Waals surface area contributed by atoms with Crippen LogP contribution >= 0.6 is 0 Å². The Labute approximate surface area is 125 Å². The van der Waals surface area contributed by atoms with Gasteiger partial charge in [0.2, 0.25) is 0 Å². The van der Waals surface area contributed by atoms with E-state index in [1.165, 1.54) is 0 Å². The molecule has 0 spiro atoms. The summed E-state index contributed by atoms with van der Waals surface area (Å²) in [6.07, 6.45) is 2.62. The highest BCUT2D eigenvalue weighted by Crippen LogP contribution is 2.19. The van der Waals surface area contributed by atoms with Gasteiger partial charge in [-0.1, -0.05) is 32.9 Å². The minimum absolute atomic E-state index is 0.0168. The summed E-state index contributed by atoms with van der Waals surface area (Å²) in [5.41, 5.74) is 1.19. The first-order chi connectivity index (χ1) is 9.94. The number of benzene rings is 1. The van der Waals surface area contributed by atoms with Crippen LogP contribution in [0.15, 0.2) is 24.3 Å². The molecule has 0 radical (unpaired) electrons. The van der Waals surface area contributed by atoms with Gasteiger partial charge in [-0.15, -0.1) is 0 Å². The highest BCUT2D eigenvalue weighted by molar-refractivity contribution is 5.89. The maximum absolute atomic E-state index is 12.1. The van der Waals surface area contributed by atoms with Crippen molar-refractivity contribution >= 4 is 17.7 Å². The summed E-state index contributed by atoms with van der Waals surface area (Å²) in [6.45, 7) is 6.19. The number of rotatable bonds is 7. The Kier molecular flexibility index (Phi) is 6.21. The number of amides is 2. The number of urea groups is 1. The van der Waals surface area contributed by atoms with Crippen molar-refractivity contribution in [2.75, 3.05) is 5.32 Å². The lowest BCUT2D eigenvalue weighted by Crippen LogP contribution is -2.48. The van der Waals surface area contributed by atoms with E-state index in [0.29, 0.717) is 11.3 Å². The summed E-state index contributed by atoms with van der Waals surface area (Å²) in [7, 11) is 0. The van der Waals surface area contributed by atoms with E-state index in [-0.39, 0.29) is 18.0 Å². The van der Waals surface area contributed by atoms with Crippen molar-refractivity contribution in [1.29, 1.82) is 0 Å². The van der Waals surface area contributed by atoms with Crippen LogP contribution in [0.4, 0.5) is 10.5 Å². The van der Waals surface area contributed by atoms with Crippen LogP contribution in [-0.2, 0) is 11.2 Å². The summed E-state index contributed by atoms with van der Waals surface area (Å²) in [5.74, 6) is -0.868. The van der Waals surface area contributed by atoms with Crippen LogP contribution in [0.25, 0.3) is 0 Å². The van der Waals surface area contributed by atoms with Gasteiger partial charge in [0.15, 0.2) is 0 Å². The Morgan fingerprint density at radius 1 is 1.05 bits per heavy atom. The zero-order valence-electron chi connectivity index (χ0n) is 12.9. The third-order valence-corrected chi connectivity index (χ3v) is 3.98. The van der Waals surface area contributed by atoms with Gasteiger partial charge in [0.25, 0.3) is 0 Å². The summed E-state index contributed by atoms with van der Waals surface area (Å²) in [4.78, 5) is 22.7. The molecular weight excluding hydrogens is 268 g/mol. The number of carbonyl (C=O) groups is 2. The molecule has 1 aromatic rings. The fourth-order valence-corrected chi connectivity index (χ4v) is 2.30. The minimum Gasteiger partial charge on any atom is -0.481 e. The van der Waals surface area contributed by atoms with Gasteiger partial charge in [-0.3, -0.25) is 4.79 Å². The van der Waals surface area contributed by atoms with Crippen molar-refractivity contribution in [2.24, 2.45) is 0 Å². The minimum atomic E-state index is -0.868. The van der Waals surface area contributed by atoms with Crippen molar-refractivity contribution in [3.05, 3.63) is 29.8 Å². The Hall–Kier alpha value is -2.04. The number of nitrogens with one attached hydrogen (secondary N) is 2. The first-order valence-corrected chi connectivity index (χ1v) is 7.34. The van der Waals surface area contributed by atoms with E-state index in [9.17, 15) is 9.59 Å². The van der Waals surface area contributed by atoms with Crippen LogP contribution in [-0.4, -0.2) is 22.6 Å². The molecule has 0 heterocycles. The zero-order valence-corrected chi connectivity index (χ0v) is 12.9. The molecule has 0 saturated heterocycles. The van der Waals surface area contributed by atoms with Crippen molar-refractivity contribution in [2.45, 2.75) is 52.0 Å². The van der Waals surface area contributed by atoms with Crippen molar-refractivity contribution in [3.8, 4) is 0 Å². The monoisotopic (exact) mass is 292 g/mol. The normalized spacial score (nSPS) is 11.0. The molecule has 5 heteroatoms. The molecule has 0 aliphatic carbocycles.